The first-order chi connectivity index (χ1) is 8.29. The van der Waals surface area contributed by atoms with Crippen molar-refractivity contribution in [2.45, 2.75) is 26.2 Å². The van der Waals surface area contributed by atoms with Gasteiger partial charge in [0.1, 0.15) is 5.82 Å². The molecule has 0 aliphatic rings. The summed E-state index contributed by atoms with van der Waals surface area (Å²) >= 11 is 0. The largest absolute Gasteiger partial charge is 0.466 e. The number of hydrogen-bond donors (Lipinski definition) is 1. The van der Waals surface area contributed by atoms with Crippen LogP contribution in [0.25, 0.3) is 11.0 Å². The quantitative estimate of drug-likeness (QED) is 0.805. The zero-order valence-electron chi connectivity index (χ0n) is 9.90. The van der Waals surface area contributed by atoms with E-state index in [0.29, 0.717) is 19.4 Å². The molecule has 2 rings (SSSR count). The Kier molecular flexibility index (Phi) is 3.75. The first kappa shape index (κ1) is 11.6. The number of H-pyrrole nitrogens is 1. The predicted molar refractivity (Wildman–Crippen MR) is 65.7 cm³/mol. The fourth-order valence-electron chi connectivity index (χ4n) is 1.63. The third-order valence-corrected chi connectivity index (χ3v) is 2.47. The lowest BCUT2D eigenvalue weighted by Crippen LogP contribution is -2.06. The second-order valence-corrected chi connectivity index (χ2v) is 3.92. The number of ether oxygens (including phenoxy) is 1. The molecule has 17 heavy (non-hydrogen) atoms. The molecule has 0 radical (unpaired) electrons. The molecule has 4 nitrogen and oxygen atoms in total. The predicted octanol–water partition coefficient (Wildman–Crippen LogP) is 2.45. The molecule has 0 aliphatic carbocycles. The molecule has 0 aliphatic heterocycles. The van der Waals surface area contributed by atoms with E-state index >= 15 is 0 Å². The van der Waals surface area contributed by atoms with Crippen molar-refractivity contribution in [3.05, 3.63) is 30.1 Å². The van der Waals surface area contributed by atoms with Gasteiger partial charge >= 0.3 is 5.97 Å². The van der Waals surface area contributed by atoms with Crippen molar-refractivity contribution in [2.24, 2.45) is 0 Å². The van der Waals surface area contributed by atoms with Crippen molar-refractivity contribution in [1.82, 2.24) is 9.97 Å². The maximum atomic E-state index is 11.3. The molecule has 1 heterocycles. The average Bonchev–Trinajstić information content (AvgIpc) is 2.76. The maximum absolute atomic E-state index is 11.3. The molecule has 0 spiro atoms. The third kappa shape index (κ3) is 3.06. The van der Waals surface area contributed by atoms with Crippen molar-refractivity contribution in [2.75, 3.05) is 6.61 Å². The van der Waals surface area contributed by atoms with E-state index in [1.807, 2.05) is 31.2 Å². The summed E-state index contributed by atoms with van der Waals surface area (Å²) in [4.78, 5) is 18.9. The van der Waals surface area contributed by atoms with Gasteiger partial charge in [-0.2, -0.15) is 0 Å². The second kappa shape index (κ2) is 5.48. The van der Waals surface area contributed by atoms with Gasteiger partial charge in [-0.15, -0.1) is 0 Å². The number of nitrogens with zero attached hydrogens (tertiary/aromatic N) is 1. The summed E-state index contributed by atoms with van der Waals surface area (Å²) in [6.07, 6.45) is 1.83. The fourth-order valence-corrected chi connectivity index (χ4v) is 1.63. The number of aryl methyl sites for hydroxylation is 1. The van der Waals surface area contributed by atoms with Crippen LogP contribution in [0.4, 0.5) is 0 Å². The van der Waals surface area contributed by atoms with Crippen LogP contribution in [0.5, 0.6) is 0 Å². The molecule has 0 unspecified atom stereocenters. The van der Waals surface area contributed by atoms with E-state index in [2.05, 4.69) is 9.97 Å². The van der Waals surface area contributed by atoms with Gasteiger partial charge in [-0.3, -0.25) is 4.79 Å². The Balaban J connectivity index is 1.92. The molecular formula is C13H16N2O2. The molecule has 1 N–H and O–H groups in total. The molecule has 90 valence electrons. The fraction of sp³-hybridized carbons (Fsp3) is 0.385. The van der Waals surface area contributed by atoms with Gasteiger partial charge in [0.2, 0.25) is 0 Å². The topological polar surface area (TPSA) is 55.0 Å². The number of carbonyl (C=O) groups excluding carboxylic acids is 1. The number of hydrogen-bond acceptors (Lipinski definition) is 3. The van der Waals surface area contributed by atoms with E-state index < -0.39 is 0 Å². The highest BCUT2D eigenvalue weighted by Crippen LogP contribution is 2.11. The Bertz CT molecular complexity index is 472. The van der Waals surface area contributed by atoms with Gasteiger partial charge in [0, 0.05) is 6.42 Å². The minimum atomic E-state index is -0.160. The molecule has 0 atom stereocenters. The van der Waals surface area contributed by atoms with Crippen molar-refractivity contribution < 1.29 is 9.53 Å². The summed E-state index contributed by atoms with van der Waals surface area (Å²) < 4.78 is 5.01. The first-order valence-corrected chi connectivity index (χ1v) is 5.89. The number of carbonyl (C=O) groups is 1. The highest BCUT2D eigenvalue weighted by Gasteiger charge is 2.06. The lowest BCUT2D eigenvalue weighted by atomic mass is 10.3. The molecule has 0 saturated heterocycles. The molecule has 1 aromatic heterocycles. The Hall–Kier alpha value is -1.84. The van der Waals surface area contributed by atoms with Crippen LogP contribution in [-0.4, -0.2) is 22.5 Å². The van der Waals surface area contributed by atoms with Gasteiger partial charge in [-0.1, -0.05) is 19.1 Å². The zero-order chi connectivity index (χ0) is 12.1. The molecule has 4 heteroatoms. The summed E-state index contributed by atoms with van der Waals surface area (Å²) in [6, 6.07) is 7.83. The number of para-hydroxylation sites is 2. The van der Waals surface area contributed by atoms with Crippen LogP contribution >= 0.6 is 0 Å². The summed E-state index contributed by atoms with van der Waals surface area (Å²) in [5.74, 6) is 0.673. The van der Waals surface area contributed by atoms with Gasteiger partial charge in [-0.05, 0) is 18.6 Å². The van der Waals surface area contributed by atoms with Crippen LogP contribution in [0, 0.1) is 0 Å². The Labute approximate surface area is 100 Å². The summed E-state index contributed by atoms with van der Waals surface area (Å²) in [7, 11) is 0. The monoisotopic (exact) mass is 232 g/mol. The number of aromatic amines is 1. The number of esters is 1. The van der Waals surface area contributed by atoms with Crippen LogP contribution in [0.1, 0.15) is 25.6 Å². The van der Waals surface area contributed by atoms with E-state index in [1.165, 1.54) is 0 Å². The van der Waals surface area contributed by atoms with Crippen LogP contribution in [0.15, 0.2) is 24.3 Å². The third-order valence-electron chi connectivity index (χ3n) is 2.47. The number of aromatic nitrogens is 2. The summed E-state index contributed by atoms with van der Waals surface area (Å²) in [5.41, 5.74) is 1.94. The molecule has 0 amide bonds. The van der Waals surface area contributed by atoms with Crippen LogP contribution in [0.2, 0.25) is 0 Å². The Morgan fingerprint density at radius 1 is 1.41 bits per heavy atom. The standard InChI is InChI=1S/C13H16N2O2/c1-2-9-17-13(16)8-7-12-14-10-5-3-4-6-11(10)15-12/h3-6H,2,7-9H2,1H3,(H,14,15). The van der Waals surface area contributed by atoms with Gasteiger partial charge in [0.15, 0.2) is 0 Å². The minimum Gasteiger partial charge on any atom is -0.466 e. The maximum Gasteiger partial charge on any atom is 0.306 e. The van der Waals surface area contributed by atoms with Crippen molar-refractivity contribution in [3.8, 4) is 0 Å². The molecular weight excluding hydrogens is 216 g/mol. The average molecular weight is 232 g/mol. The van der Waals surface area contributed by atoms with Crippen molar-refractivity contribution in [1.29, 1.82) is 0 Å². The highest BCUT2D eigenvalue weighted by atomic mass is 16.5. The van der Waals surface area contributed by atoms with E-state index in [0.717, 1.165) is 23.3 Å². The number of benzene rings is 1. The van der Waals surface area contributed by atoms with Crippen molar-refractivity contribution >= 4 is 17.0 Å². The van der Waals surface area contributed by atoms with Crippen LogP contribution in [-0.2, 0) is 16.0 Å². The van der Waals surface area contributed by atoms with Crippen LogP contribution < -0.4 is 0 Å². The number of rotatable bonds is 5. The van der Waals surface area contributed by atoms with Crippen LogP contribution in [0.3, 0.4) is 0 Å². The number of nitrogens with one attached hydrogen (secondary N) is 1. The SMILES string of the molecule is CCCOC(=O)CCc1nc2ccccc2[nH]1. The second-order valence-electron chi connectivity index (χ2n) is 3.92. The lowest BCUT2D eigenvalue weighted by molar-refractivity contribution is -0.143. The van der Waals surface area contributed by atoms with Crippen molar-refractivity contribution in [3.63, 3.8) is 0 Å². The smallest absolute Gasteiger partial charge is 0.306 e. The van der Waals surface area contributed by atoms with Gasteiger partial charge < -0.3 is 9.72 Å². The Morgan fingerprint density at radius 3 is 3.00 bits per heavy atom. The zero-order valence-corrected chi connectivity index (χ0v) is 9.90. The molecule has 2 aromatic rings. The molecule has 1 aromatic carbocycles. The van der Waals surface area contributed by atoms with E-state index in [4.69, 9.17) is 4.74 Å². The molecule has 0 saturated carbocycles. The summed E-state index contributed by atoms with van der Waals surface area (Å²) in [5, 5.41) is 0. The van der Waals surface area contributed by atoms with E-state index in [9.17, 15) is 4.79 Å². The molecule has 0 fully saturated rings. The van der Waals surface area contributed by atoms with E-state index in [1.54, 1.807) is 0 Å². The number of imidazole rings is 1. The number of fused-ring (bicyclic) bond motifs is 1. The van der Waals surface area contributed by atoms with E-state index in [-0.39, 0.29) is 5.97 Å². The Morgan fingerprint density at radius 2 is 2.24 bits per heavy atom. The normalized spacial score (nSPS) is 10.6. The lowest BCUT2D eigenvalue weighted by Gasteiger charge is -2.00. The van der Waals surface area contributed by atoms with Gasteiger partial charge in [0.05, 0.1) is 24.1 Å². The summed E-state index contributed by atoms with van der Waals surface area (Å²) in [6.45, 7) is 2.48. The highest BCUT2D eigenvalue weighted by molar-refractivity contribution is 5.75. The van der Waals surface area contributed by atoms with Gasteiger partial charge in [0.25, 0.3) is 0 Å². The molecule has 0 bridgehead atoms. The minimum absolute atomic E-state index is 0.160. The van der Waals surface area contributed by atoms with Gasteiger partial charge in [-0.25, -0.2) is 4.98 Å². The first-order valence-electron chi connectivity index (χ1n) is 5.89.